The van der Waals surface area contributed by atoms with E-state index in [1.54, 1.807) is 0 Å². The molecule has 1 rings (SSSR count). The van der Waals surface area contributed by atoms with Crippen LogP contribution in [-0.2, 0) is 4.79 Å². The first-order valence-electron chi connectivity index (χ1n) is 3.65. The third kappa shape index (κ3) is 1.37. The number of hydrogen-bond donors (Lipinski definition) is 1. The van der Waals surface area contributed by atoms with Gasteiger partial charge in [0.25, 0.3) is 0 Å². The van der Waals surface area contributed by atoms with Gasteiger partial charge in [-0.25, -0.2) is 0 Å². The van der Waals surface area contributed by atoms with Gasteiger partial charge in [-0.15, -0.1) is 0 Å². The highest BCUT2D eigenvalue weighted by Crippen LogP contribution is 2.36. The van der Waals surface area contributed by atoms with E-state index in [-0.39, 0.29) is 23.2 Å². The molecule has 2 heteroatoms. The molecule has 10 heavy (non-hydrogen) atoms. The van der Waals surface area contributed by atoms with Crippen molar-refractivity contribution in [2.24, 2.45) is 11.3 Å². The van der Waals surface area contributed by atoms with Gasteiger partial charge in [0.1, 0.15) is 5.78 Å². The van der Waals surface area contributed by atoms with Crippen molar-refractivity contribution >= 4 is 5.78 Å². The van der Waals surface area contributed by atoms with Gasteiger partial charge in [0, 0.05) is 11.3 Å². The van der Waals surface area contributed by atoms with Gasteiger partial charge in [0.2, 0.25) is 0 Å². The zero-order valence-corrected chi connectivity index (χ0v) is 6.72. The molecule has 2 unspecified atom stereocenters. The maximum atomic E-state index is 11.3. The van der Waals surface area contributed by atoms with Gasteiger partial charge in [-0.2, -0.15) is 0 Å². The fourth-order valence-electron chi connectivity index (χ4n) is 1.02. The van der Waals surface area contributed by atoms with E-state index < -0.39 is 0 Å². The Kier molecular flexibility index (Phi) is 1.59. The Balaban J connectivity index is 2.51. The molecule has 0 radical (unpaired) electrons. The van der Waals surface area contributed by atoms with Crippen molar-refractivity contribution in [1.82, 2.24) is 0 Å². The number of aliphatic hydroxyl groups is 1. The quantitative estimate of drug-likeness (QED) is 0.592. The van der Waals surface area contributed by atoms with Crippen LogP contribution in [0.4, 0.5) is 0 Å². The largest absolute Gasteiger partial charge is 0.392 e. The lowest BCUT2D eigenvalue weighted by Gasteiger charge is -2.15. The molecule has 1 aliphatic carbocycles. The Bertz CT molecular complexity index is 155. The van der Waals surface area contributed by atoms with Crippen LogP contribution >= 0.6 is 0 Å². The van der Waals surface area contributed by atoms with Crippen molar-refractivity contribution in [1.29, 1.82) is 0 Å². The maximum Gasteiger partial charge on any atom is 0.143 e. The molecule has 0 aliphatic heterocycles. The van der Waals surface area contributed by atoms with E-state index in [0.29, 0.717) is 6.42 Å². The molecule has 0 spiro atoms. The van der Waals surface area contributed by atoms with Gasteiger partial charge >= 0.3 is 0 Å². The van der Waals surface area contributed by atoms with Crippen LogP contribution in [0.2, 0.25) is 0 Å². The summed E-state index contributed by atoms with van der Waals surface area (Å²) < 4.78 is 0. The van der Waals surface area contributed by atoms with Gasteiger partial charge in [-0.1, -0.05) is 20.8 Å². The highest BCUT2D eigenvalue weighted by Gasteiger charge is 2.45. The molecule has 1 fully saturated rings. The molecule has 2 atom stereocenters. The van der Waals surface area contributed by atoms with Crippen LogP contribution < -0.4 is 0 Å². The SMILES string of the molecule is CC(C)(C)C(=O)C1CC1O. The molecule has 0 aromatic carbocycles. The lowest BCUT2D eigenvalue weighted by atomic mass is 9.88. The number of Topliss-reactive ketones (excluding diaryl/α,β-unsaturated/α-hetero) is 1. The standard InChI is InChI=1S/C8H14O2/c1-8(2,3)7(10)5-4-6(5)9/h5-6,9H,4H2,1-3H3. The molecule has 0 aromatic rings. The average Bonchev–Trinajstić information content (AvgIpc) is 2.42. The van der Waals surface area contributed by atoms with Crippen molar-refractivity contribution in [2.75, 3.05) is 0 Å². The molecule has 0 heterocycles. The molecule has 1 aliphatic rings. The second-order valence-corrected chi connectivity index (χ2v) is 4.02. The molecular weight excluding hydrogens is 128 g/mol. The first kappa shape index (κ1) is 7.73. The van der Waals surface area contributed by atoms with Crippen LogP contribution in [0.25, 0.3) is 0 Å². The predicted octanol–water partition coefficient (Wildman–Crippen LogP) is 0.982. The van der Waals surface area contributed by atoms with Crippen molar-refractivity contribution in [2.45, 2.75) is 33.3 Å². The van der Waals surface area contributed by atoms with E-state index in [2.05, 4.69) is 0 Å². The first-order chi connectivity index (χ1) is 4.43. The van der Waals surface area contributed by atoms with Gasteiger partial charge in [-0.05, 0) is 6.42 Å². The molecule has 58 valence electrons. The summed E-state index contributed by atoms with van der Waals surface area (Å²) in [5.41, 5.74) is -0.276. The molecular formula is C8H14O2. The summed E-state index contributed by atoms with van der Waals surface area (Å²) in [6.45, 7) is 5.67. The predicted molar refractivity (Wildman–Crippen MR) is 38.6 cm³/mol. The van der Waals surface area contributed by atoms with E-state index in [0.717, 1.165) is 0 Å². The lowest BCUT2D eigenvalue weighted by Crippen LogP contribution is -2.23. The fourth-order valence-corrected chi connectivity index (χ4v) is 1.02. The van der Waals surface area contributed by atoms with Crippen LogP contribution in [0.3, 0.4) is 0 Å². The summed E-state index contributed by atoms with van der Waals surface area (Å²) in [4.78, 5) is 11.3. The minimum atomic E-state index is -0.341. The summed E-state index contributed by atoms with van der Waals surface area (Å²) in [5, 5.41) is 8.94. The number of hydrogen-bond acceptors (Lipinski definition) is 2. The van der Waals surface area contributed by atoms with Crippen molar-refractivity contribution in [3.63, 3.8) is 0 Å². The maximum absolute atomic E-state index is 11.3. The van der Waals surface area contributed by atoms with Crippen LogP contribution in [0.15, 0.2) is 0 Å². The van der Waals surface area contributed by atoms with Gasteiger partial charge < -0.3 is 5.11 Å². The summed E-state index contributed by atoms with van der Waals surface area (Å²) >= 11 is 0. The van der Waals surface area contributed by atoms with Crippen LogP contribution in [-0.4, -0.2) is 17.0 Å². The van der Waals surface area contributed by atoms with Crippen LogP contribution in [0, 0.1) is 11.3 Å². The van der Waals surface area contributed by atoms with Gasteiger partial charge in [0.15, 0.2) is 0 Å². The van der Waals surface area contributed by atoms with Gasteiger partial charge in [-0.3, -0.25) is 4.79 Å². The highest BCUT2D eigenvalue weighted by atomic mass is 16.3. The Morgan fingerprint density at radius 3 is 2.00 bits per heavy atom. The van der Waals surface area contributed by atoms with Crippen molar-refractivity contribution in [3.8, 4) is 0 Å². The molecule has 0 saturated heterocycles. The number of carbonyl (C=O) groups is 1. The monoisotopic (exact) mass is 142 g/mol. The summed E-state index contributed by atoms with van der Waals surface area (Å²) in [7, 11) is 0. The second-order valence-electron chi connectivity index (χ2n) is 4.02. The Morgan fingerprint density at radius 1 is 1.50 bits per heavy atom. The summed E-state index contributed by atoms with van der Waals surface area (Å²) in [5.74, 6) is 0.139. The third-order valence-corrected chi connectivity index (χ3v) is 1.83. The zero-order valence-electron chi connectivity index (χ0n) is 6.72. The van der Waals surface area contributed by atoms with Gasteiger partial charge in [0.05, 0.1) is 6.10 Å². The smallest absolute Gasteiger partial charge is 0.143 e. The van der Waals surface area contributed by atoms with Crippen molar-refractivity contribution < 1.29 is 9.90 Å². The summed E-state index contributed by atoms with van der Waals surface area (Å²) in [6, 6.07) is 0. The zero-order chi connectivity index (χ0) is 7.94. The molecule has 0 bridgehead atoms. The first-order valence-corrected chi connectivity index (χ1v) is 3.65. The average molecular weight is 142 g/mol. The number of aliphatic hydroxyl groups excluding tert-OH is 1. The second kappa shape index (κ2) is 2.06. The number of ketones is 1. The normalized spacial score (nSPS) is 32.0. The minimum absolute atomic E-state index is 0.0556. The Labute approximate surface area is 61.2 Å². The fraction of sp³-hybridized carbons (Fsp3) is 0.875. The van der Waals surface area contributed by atoms with Crippen LogP contribution in [0.1, 0.15) is 27.2 Å². The lowest BCUT2D eigenvalue weighted by molar-refractivity contribution is -0.128. The Morgan fingerprint density at radius 2 is 1.90 bits per heavy atom. The highest BCUT2D eigenvalue weighted by molar-refractivity contribution is 5.88. The van der Waals surface area contributed by atoms with Crippen LogP contribution in [0.5, 0.6) is 0 Å². The number of rotatable bonds is 1. The topological polar surface area (TPSA) is 37.3 Å². The van der Waals surface area contributed by atoms with Crippen molar-refractivity contribution in [3.05, 3.63) is 0 Å². The molecule has 1 N–H and O–H groups in total. The molecule has 2 nitrogen and oxygen atoms in total. The Hall–Kier alpha value is -0.370. The van der Waals surface area contributed by atoms with E-state index in [4.69, 9.17) is 5.11 Å². The van der Waals surface area contributed by atoms with E-state index in [9.17, 15) is 4.79 Å². The van der Waals surface area contributed by atoms with E-state index >= 15 is 0 Å². The van der Waals surface area contributed by atoms with E-state index in [1.165, 1.54) is 0 Å². The number of carbonyl (C=O) groups excluding carboxylic acids is 1. The molecule has 1 saturated carbocycles. The van der Waals surface area contributed by atoms with E-state index in [1.807, 2.05) is 20.8 Å². The molecule has 0 aromatic heterocycles. The summed E-state index contributed by atoms with van der Waals surface area (Å²) in [6.07, 6.45) is 0.336. The minimum Gasteiger partial charge on any atom is -0.392 e. The third-order valence-electron chi connectivity index (χ3n) is 1.83. The molecule has 0 amide bonds.